The number of nitrogens with zero attached hydrogens (tertiary/aromatic N) is 1. The van der Waals surface area contributed by atoms with Crippen LogP contribution in [-0.4, -0.2) is 17.1 Å². The Hall–Kier alpha value is -1.32. The van der Waals surface area contributed by atoms with Gasteiger partial charge in [-0.3, -0.25) is 4.98 Å². The minimum atomic E-state index is 0.338. The molecule has 3 nitrogen and oxygen atoms in total. The zero-order valence-corrected chi connectivity index (χ0v) is 10.8. The lowest BCUT2D eigenvalue weighted by molar-refractivity contribution is 0.688. The van der Waals surface area contributed by atoms with Crippen LogP contribution >= 0.6 is 11.6 Å². The van der Waals surface area contributed by atoms with Crippen LogP contribution in [-0.2, 0) is 0 Å². The number of halogens is 1. The minimum Gasteiger partial charge on any atom is -0.382 e. The predicted octanol–water partition coefficient (Wildman–Crippen LogP) is 3.18. The second kappa shape index (κ2) is 4.75. The Morgan fingerprint density at radius 1 is 1.28 bits per heavy atom. The van der Waals surface area contributed by atoms with Crippen molar-refractivity contribution in [2.24, 2.45) is 5.73 Å². The molecule has 2 atom stereocenters. The van der Waals surface area contributed by atoms with Gasteiger partial charge in [0.25, 0.3) is 0 Å². The summed E-state index contributed by atoms with van der Waals surface area (Å²) in [6.45, 7) is 0. The molecule has 1 saturated carbocycles. The first-order chi connectivity index (χ1) is 8.72. The maximum absolute atomic E-state index is 5.98. The van der Waals surface area contributed by atoms with Gasteiger partial charge in [0.05, 0.1) is 5.52 Å². The lowest BCUT2D eigenvalue weighted by atomic mass is 10.1. The maximum Gasteiger partial charge on any atom is 0.0737 e. The first-order valence-corrected chi connectivity index (χ1v) is 6.66. The molecule has 2 aromatic rings. The van der Waals surface area contributed by atoms with Gasteiger partial charge < -0.3 is 11.1 Å². The molecule has 1 aromatic heterocycles. The quantitative estimate of drug-likeness (QED) is 0.873. The molecule has 1 fully saturated rings. The number of fused-ring (bicyclic) bond motifs is 1. The van der Waals surface area contributed by atoms with Crippen molar-refractivity contribution < 1.29 is 0 Å². The third-order valence-electron chi connectivity index (χ3n) is 3.54. The summed E-state index contributed by atoms with van der Waals surface area (Å²) in [5.74, 6) is 0. The molecule has 0 radical (unpaired) electrons. The van der Waals surface area contributed by atoms with Gasteiger partial charge in [-0.1, -0.05) is 11.6 Å². The SMILES string of the molecule is N[C@@H]1CC[C@H](Nc2ccnc3cc(Cl)ccc23)C1. The Morgan fingerprint density at radius 3 is 2.94 bits per heavy atom. The third kappa shape index (κ3) is 2.28. The van der Waals surface area contributed by atoms with Crippen LogP contribution in [0, 0.1) is 0 Å². The van der Waals surface area contributed by atoms with E-state index in [1.54, 1.807) is 0 Å². The highest BCUT2D eigenvalue weighted by Gasteiger charge is 2.21. The van der Waals surface area contributed by atoms with Crippen molar-refractivity contribution in [2.45, 2.75) is 31.3 Å². The standard InChI is InChI=1S/C14H16ClN3/c15-9-1-4-12-13(5-6-17-14(12)7-9)18-11-3-2-10(16)8-11/h1,4-7,10-11H,2-3,8,16H2,(H,17,18)/t10-,11+/m1/s1. The molecule has 0 unspecified atom stereocenters. The number of aromatic nitrogens is 1. The lowest BCUT2D eigenvalue weighted by Gasteiger charge is -2.15. The highest BCUT2D eigenvalue weighted by atomic mass is 35.5. The second-order valence-electron chi connectivity index (χ2n) is 4.93. The summed E-state index contributed by atoms with van der Waals surface area (Å²) in [5, 5.41) is 5.40. The first kappa shape index (κ1) is 11.8. The van der Waals surface area contributed by atoms with Gasteiger partial charge in [-0.2, -0.15) is 0 Å². The van der Waals surface area contributed by atoms with Crippen LogP contribution in [0.25, 0.3) is 10.9 Å². The van der Waals surface area contributed by atoms with Crippen LogP contribution in [0.4, 0.5) is 5.69 Å². The monoisotopic (exact) mass is 261 g/mol. The average Bonchev–Trinajstić information content (AvgIpc) is 2.75. The van der Waals surface area contributed by atoms with Gasteiger partial charge in [-0.15, -0.1) is 0 Å². The van der Waals surface area contributed by atoms with E-state index in [0.29, 0.717) is 12.1 Å². The van der Waals surface area contributed by atoms with Crippen molar-refractivity contribution in [1.82, 2.24) is 4.98 Å². The van der Waals surface area contributed by atoms with Crippen LogP contribution in [0.3, 0.4) is 0 Å². The summed E-state index contributed by atoms with van der Waals surface area (Å²) in [7, 11) is 0. The van der Waals surface area contributed by atoms with Crippen molar-refractivity contribution in [2.75, 3.05) is 5.32 Å². The van der Waals surface area contributed by atoms with E-state index < -0.39 is 0 Å². The molecule has 18 heavy (non-hydrogen) atoms. The van der Waals surface area contributed by atoms with E-state index in [9.17, 15) is 0 Å². The predicted molar refractivity (Wildman–Crippen MR) is 76.0 cm³/mol. The molecule has 1 aliphatic carbocycles. The number of benzene rings is 1. The third-order valence-corrected chi connectivity index (χ3v) is 3.77. The van der Waals surface area contributed by atoms with E-state index in [1.165, 1.54) is 0 Å². The van der Waals surface area contributed by atoms with E-state index in [-0.39, 0.29) is 0 Å². The summed E-state index contributed by atoms with van der Waals surface area (Å²) < 4.78 is 0. The van der Waals surface area contributed by atoms with Gasteiger partial charge >= 0.3 is 0 Å². The maximum atomic E-state index is 5.98. The fraction of sp³-hybridized carbons (Fsp3) is 0.357. The number of anilines is 1. The number of hydrogen-bond acceptors (Lipinski definition) is 3. The van der Waals surface area contributed by atoms with Crippen LogP contribution in [0.1, 0.15) is 19.3 Å². The summed E-state index contributed by atoms with van der Waals surface area (Å²) in [6.07, 6.45) is 5.10. The molecule has 0 amide bonds. The number of nitrogens with two attached hydrogens (primary N) is 1. The van der Waals surface area contributed by atoms with Crippen molar-refractivity contribution >= 4 is 28.2 Å². The Morgan fingerprint density at radius 2 is 2.17 bits per heavy atom. The van der Waals surface area contributed by atoms with Gasteiger partial charge in [-0.25, -0.2) is 0 Å². The van der Waals surface area contributed by atoms with Gasteiger partial charge in [0.2, 0.25) is 0 Å². The molecule has 0 spiro atoms. The van der Waals surface area contributed by atoms with Crippen molar-refractivity contribution in [3.63, 3.8) is 0 Å². The molecular formula is C14H16ClN3. The van der Waals surface area contributed by atoms with Gasteiger partial charge in [-0.05, 0) is 43.5 Å². The number of pyridine rings is 1. The second-order valence-corrected chi connectivity index (χ2v) is 5.37. The zero-order chi connectivity index (χ0) is 12.5. The minimum absolute atomic E-state index is 0.338. The van der Waals surface area contributed by atoms with Crippen molar-refractivity contribution in [1.29, 1.82) is 0 Å². The van der Waals surface area contributed by atoms with Gasteiger partial charge in [0.1, 0.15) is 0 Å². The van der Waals surface area contributed by atoms with Crippen LogP contribution in [0.5, 0.6) is 0 Å². The molecular weight excluding hydrogens is 246 g/mol. The van der Waals surface area contributed by atoms with Crippen molar-refractivity contribution in [3.8, 4) is 0 Å². The Bertz CT molecular complexity index is 570. The number of rotatable bonds is 2. The molecule has 3 N–H and O–H groups in total. The average molecular weight is 262 g/mol. The Labute approximate surface area is 111 Å². The molecule has 0 bridgehead atoms. The van der Waals surface area contributed by atoms with E-state index in [4.69, 9.17) is 17.3 Å². The van der Waals surface area contributed by atoms with Gasteiger partial charge in [0, 0.05) is 34.4 Å². The summed E-state index contributed by atoms with van der Waals surface area (Å²) in [6, 6.07) is 8.63. The highest BCUT2D eigenvalue weighted by Crippen LogP contribution is 2.28. The first-order valence-electron chi connectivity index (χ1n) is 6.29. The number of hydrogen-bond donors (Lipinski definition) is 2. The fourth-order valence-corrected chi connectivity index (χ4v) is 2.78. The van der Waals surface area contributed by atoms with Crippen LogP contribution < -0.4 is 11.1 Å². The van der Waals surface area contributed by atoms with E-state index in [0.717, 1.165) is 40.9 Å². The molecule has 1 aromatic carbocycles. The topological polar surface area (TPSA) is 50.9 Å². The summed E-state index contributed by atoms with van der Waals surface area (Å²) >= 11 is 5.98. The molecule has 4 heteroatoms. The highest BCUT2D eigenvalue weighted by molar-refractivity contribution is 6.31. The van der Waals surface area contributed by atoms with Crippen LogP contribution in [0.2, 0.25) is 5.02 Å². The molecule has 0 aliphatic heterocycles. The Kier molecular flexibility index (Phi) is 3.10. The van der Waals surface area contributed by atoms with Crippen molar-refractivity contribution in [3.05, 3.63) is 35.5 Å². The zero-order valence-electron chi connectivity index (χ0n) is 10.1. The number of nitrogens with one attached hydrogen (secondary N) is 1. The largest absolute Gasteiger partial charge is 0.382 e. The van der Waals surface area contributed by atoms with E-state index in [2.05, 4.69) is 10.3 Å². The summed E-state index contributed by atoms with van der Waals surface area (Å²) in [4.78, 5) is 4.34. The fourth-order valence-electron chi connectivity index (χ4n) is 2.61. The molecule has 1 aliphatic rings. The van der Waals surface area contributed by atoms with E-state index >= 15 is 0 Å². The lowest BCUT2D eigenvalue weighted by Crippen LogP contribution is -2.20. The Balaban J connectivity index is 1.92. The molecule has 3 rings (SSSR count). The molecule has 1 heterocycles. The molecule has 0 saturated heterocycles. The smallest absolute Gasteiger partial charge is 0.0737 e. The summed E-state index contributed by atoms with van der Waals surface area (Å²) in [5.41, 5.74) is 7.99. The normalized spacial score (nSPS) is 23.4. The van der Waals surface area contributed by atoms with E-state index in [1.807, 2.05) is 30.5 Å². The molecule has 94 valence electrons. The van der Waals surface area contributed by atoms with Crippen LogP contribution in [0.15, 0.2) is 30.5 Å². The van der Waals surface area contributed by atoms with Gasteiger partial charge in [0.15, 0.2) is 0 Å².